The predicted molar refractivity (Wildman–Crippen MR) is 72.8 cm³/mol. The number of imidazole rings is 1. The van der Waals surface area contributed by atoms with Crippen LogP contribution in [-0.4, -0.2) is 9.55 Å². The summed E-state index contributed by atoms with van der Waals surface area (Å²) in [7, 11) is 2.01. The number of benzene rings is 1. The van der Waals surface area contributed by atoms with Gasteiger partial charge in [0.05, 0.1) is 12.2 Å². The SMILES string of the molecule is Cc1c(Cc2ccc(Br)cc2)nc(CN)n1C. The van der Waals surface area contributed by atoms with Gasteiger partial charge in [-0.2, -0.15) is 0 Å². The minimum atomic E-state index is 0.484. The summed E-state index contributed by atoms with van der Waals surface area (Å²) in [5.41, 5.74) is 9.21. The van der Waals surface area contributed by atoms with Gasteiger partial charge in [-0.1, -0.05) is 28.1 Å². The zero-order chi connectivity index (χ0) is 12.4. The molecule has 2 N–H and O–H groups in total. The average molecular weight is 294 g/mol. The maximum absolute atomic E-state index is 5.66. The fourth-order valence-corrected chi connectivity index (χ4v) is 2.11. The first-order valence-electron chi connectivity index (χ1n) is 5.57. The quantitative estimate of drug-likeness (QED) is 0.945. The zero-order valence-electron chi connectivity index (χ0n) is 10.1. The molecule has 0 unspecified atom stereocenters. The molecular formula is C13H16BrN3. The third-order valence-electron chi connectivity index (χ3n) is 3.04. The Kier molecular flexibility index (Phi) is 3.64. The van der Waals surface area contributed by atoms with Gasteiger partial charge in [-0.05, 0) is 24.6 Å². The largest absolute Gasteiger partial charge is 0.334 e. The van der Waals surface area contributed by atoms with Gasteiger partial charge in [0.15, 0.2) is 0 Å². The lowest BCUT2D eigenvalue weighted by Crippen LogP contribution is -2.05. The summed E-state index contributed by atoms with van der Waals surface area (Å²) in [4.78, 5) is 4.57. The van der Waals surface area contributed by atoms with Gasteiger partial charge in [-0.3, -0.25) is 0 Å². The molecule has 1 aromatic heterocycles. The molecule has 2 aromatic rings. The van der Waals surface area contributed by atoms with Crippen LogP contribution in [0.5, 0.6) is 0 Å². The highest BCUT2D eigenvalue weighted by atomic mass is 79.9. The smallest absolute Gasteiger partial charge is 0.122 e. The van der Waals surface area contributed by atoms with Gasteiger partial charge in [0.1, 0.15) is 5.82 Å². The summed E-state index contributed by atoms with van der Waals surface area (Å²) >= 11 is 3.44. The minimum Gasteiger partial charge on any atom is -0.334 e. The van der Waals surface area contributed by atoms with Crippen molar-refractivity contribution in [1.82, 2.24) is 9.55 Å². The molecule has 4 heteroatoms. The van der Waals surface area contributed by atoms with E-state index in [1.54, 1.807) is 0 Å². The van der Waals surface area contributed by atoms with Crippen molar-refractivity contribution in [2.24, 2.45) is 12.8 Å². The molecule has 0 atom stereocenters. The van der Waals surface area contributed by atoms with Gasteiger partial charge in [0, 0.05) is 23.6 Å². The maximum atomic E-state index is 5.66. The van der Waals surface area contributed by atoms with E-state index in [1.165, 1.54) is 11.3 Å². The average Bonchev–Trinajstić information content (AvgIpc) is 2.60. The summed E-state index contributed by atoms with van der Waals surface area (Å²) in [6.07, 6.45) is 0.854. The van der Waals surface area contributed by atoms with Gasteiger partial charge in [-0.15, -0.1) is 0 Å². The lowest BCUT2D eigenvalue weighted by atomic mass is 10.1. The third-order valence-corrected chi connectivity index (χ3v) is 3.57. The van der Waals surface area contributed by atoms with Crippen LogP contribution >= 0.6 is 15.9 Å². The molecule has 0 aliphatic rings. The number of hydrogen-bond acceptors (Lipinski definition) is 2. The van der Waals surface area contributed by atoms with Gasteiger partial charge in [-0.25, -0.2) is 4.98 Å². The van der Waals surface area contributed by atoms with E-state index in [0.29, 0.717) is 6.54 Å². The monoisotopic (exact) mass is 293 g/mol. The molecule has 0 saturated heterocycles. The highest BCUT2D eigenvalue weighted by Crippen LogP contribution is 2.16. The molecule has 0 radical (unpaired) electrons. The van der Waals surface area contributed by atoms with E-state index in [1.807, 2.05) is 7.05 Å². The Morgan fingerprint density at radius 2 is 1.94 bits per heavy atom. The van der Waals surface area contributed by atoms with E-state index in [9.17, 15) is 0 Å². The number of rotatable bonds is 3. The summed E-state index contributed by atoms with van der Waals surface area (Å²) < 4.78 is 3.16. The van der Waals surface area contributed by atoms with E-state index in [2.05, 4.69) is 56.7 Å². The first-order valence-corrected chi connectivity index (χ1v) is 6.36. The summed E-state index contributed by atoms with van der Waals surface area (Å²) in [5, 5.41) is 0. The first kappa shape index (κ1) is 12.3. The van der Waals surface area contributed by atoms with Crippen LogP contribution in [0.4, 0.5) is 0 Å². The predicted octanol–water partition coefficient (Wildman–Crippen LogP) is 2.54. The molecule has 2 rings (SSSR count). The van der Waals surface area contributed by atoms with Crippen molar-refractivity contribution in [1.29, 1.82) is 0 Å². The molecule has 17 heavy (non-hydrogen) atoms. The molecule has 90 valence electrons. The van der Waals surface area contributed by atoms with Gasteiger partial charge in [0.2, 0.25) is 0 Å². The molecule has 0 amide bonds. The lowest BCUT2D eigenvalue weighted by Gasteiger charge is -2.01. The van der Waals surface area contributed by atoms with Crippen LogP contribution in [0.3, 0.4) is 0 Å². The molecule has 0 bridgehead atoms. The van der Waals surface area contributed by atoms with Gasteiger partial charge in [0.25, 0.3) is 0 Å². The number of nitrogens with zero attached hydrogens (tertiary/aromatic N) is 2. The summed E-state index contributed by atoms with van der Waals surface area (Å²) in [6, 6.07) is 8.33. The molecule has 0 aliphatic heterocycles. The van der Waals surface area contributed by atoms with E-state index >= 15 is 0 Å². The fourth-order valence-electron chi connectivity index (χ4n) is 1.84. The molecule has 3 nitrogen and oxygen atoms in total. The highest BCUT2D eigenvalue weighted by Gasteiger charge is 2.10. The standard InChI is InChI=1S/C13H16BrN3/c1-9-12(16-13(8-15)17(9)2)7-10-3-5-11(14)6-4-10/h3-6H,7-8,15H2,1-2H3. The zero-order valence-corrected chi connectivity index (χ0v) is 11.7. The van der Waals surface area contributed by atoms with E-state index < -0.39 is 0 Å². The highest BCUT2D eigenvalue weighted by molar-refractivity contribution is 9.10. The minimum absolute atomic E-state index is 0.484. The van der Waals surface area contributed by atoms with Crippen LogP contribution in [0.25, 0.3) is 0 Å². The van der Waals surface area contributed by atoms with Gasteiger partial charge >= 0.3 is 0 Å². The third kappa shape index (κ3) is 2.58. The van der Waals surface area contributed by atoms with Crippen LogP contribution in [0.2, 0.25) is 0 Å². The summed E-state index contributed by atoms with van der Waals surface area (Å²) in [5.74, 6) is 0.939. The van der Waals surface area contributed by atoms with Crippen molar-refractivity contribution in [2.75, 3.05) is 0 Å². The molecule has 0 fully saturated rings. The number of aromatic nitrogens is 2. The first-order chi connectivity index (χ1) is 8.11. The summed E-state index contributed by atoms with van der Waals surface area (Å²) in [6.45, 7) is 2.57. The Labute approximate surface area is 110 Å². The van der Waals surface area contributed by atoms with E-state index in [4.69, 9.17) is 5.73 Å². The molecule has 1 aromatic carbocycles. The molecule has 0 saturated carbocycles. The molecule has 0 aliphatic carbocycles. The van der Waals surface area contributed by atoms with Crippen molar-refractivity contribution in [2.45, 2.75) is 19.9 Å². The van der Waals surface area contributed by atoms with Gasteiger partial charge < -0.3 is 10.3 Å². The topological polar surface area (TPSA) is 43.8 Å². The number of hydrogen-bond donors (Lipinski definition) is 1. The van der Waals surface area contributed by atoms with Crippen LogP contribution < -0.4 is 5.73 Å². The molecule has 1 heterocycles. The Bertz CT molecular complexity index is 514. The van der Waals surface area contributed by atoms with Crippen LogP contribution in [0, 0.1) is 6.92 Å². The lowest BCUT2D eigenvalue weighted by molar-refractivity contribution is 0.774. The van der Waals surface area contributed by atoms with Crippen LogP contribution in [0.15, 0.2) is 28.7 Å². The molecular weight excluding hydrogens is 278 g/mol. The Hall–Kier alpha value is -1.13. The Morgan fingerprint density at radius 1 is 1.29 bits per heavy atom. The molecule has 0 spiro atoms. The second-order valence-corrected chi connectivity index (χ2v) is 5.04. The second-order valence-electron chi connectivity index (χ2n) is 4.13. The van der Waals surface area contributed by atoms with Crippen molar-refractivity contribution in [3.63, 3.8) is 0 Å². The van der Waals surface area contributed by atoms with Crippen molar-refractivity contribution in [3.8, 4) is 0 Å². The normalized spacial score (nSPS) is 10.8. The van der Waals surface area contributed by atoms with Crippen molar-refractivity contribution >= 4 is 15.9 Å². The Morgan fingerprint density at radius 3 is 2.47 bits per heavy atom. The van der Waals surface area contributed by atoms with Crippen LogP contribution in [-0.2, 0) is 20.0 Å². The van der Waals surface area contributed by atoms with Crippen molar-refractivity contribution in [3.05, 3.63) is 51.5 Å². The number of halogens is 1. The van der Waals surface area contributed by atoms with E-state index in [0.717, 1.165) is 22.4 Å². The fraction of sp³-hybridized carbons (Fsp3) is 0.308. The maximum Gasteiger partial charge on any atom is 0.122 e. The Balaban J connectivity index is 2.27. The van der Waals surface area contributed by atoms with E-state index in [-0.39, 0.29) is 0 Å². The van der Waals surface area contributed by atoms with Crippen molar-refractivity contribution < 1.29 is 0 Å². The second kappa shape index (κ2) is 5.02. The van der Waals surface area contributed by atoms with Crippen LogP contribution in [0.1, 0.15) is 22.8 Å². The number of nitrogens with two attached hydrogens (primary N) is 1.